The molecular formula is C25H52N4. The average Bonchev–Trinajstić information content (AvgIpc) is 2.62. The zero-order valence-electron chi connectivity index (χ0n) is 21.6. The van der Waals surface area contributed by atoms with Crippen LogP contribution in [0.4, 0.5) is 0 Å². The Balaban J connectivity index is 2.16. The Morgan fingerprint density at radius 1 is 0.931 bits per heavy atom. The van der Waals surface area contributed by atoms with Gasteiger partial charge in [0.2, 0.25) is 0 Å². The maximum absolute atomic E-state index is 3.91. The van der Waals surface area contributed by atoms with Gasteiger partial charge in [0.05, 0.1) is 0 Å². The van der Waals surface area contributed by atoms with E-state index < -0.39 is 0 Å². The summed E-state index contributed by atoms with van der Waals surface area (Å²) < 4.78 is 0. The van der Waals surface area contributed by atoms with E-state index in [1.807, 2.05) is 0 Å². The molecule has 2 aliphatic rings. The van der Waals surface area contributed by atoms with Crippen molar-refractivity contribution in [2.75, 3.05) is 32.7 Å². The first-order valence-corrected chi connectivity index (χ1v) is 12.2. The Labute approximate surface area is 182 Å². The van der Waals surface area contributed by atoms with E-state index in [4.69, 9.17) is 0 Å². The molecule has 0 aromatic rings. The normalized spacial score (nSPS) is 29.6. The second kappa shape index (κ2) is 9.14. The molecule has 3 unspecified atom stereocenters. The summed E-state index contributed by atoms with van der Waals surface area (Å²) in [6.07, 6.45) is 2.45. The molecule has 2 heterocycles. The SMILES string of the molecule is CCC(C)(C)N1CCN(C(C)(C)C)C(CC2CN(C(C)(C)C(C)C)C(C)CN2)C1. The number of hydrogen-bond acceptors (Lipinski definition) is 4. The minimum atomic E-state index is 0.228. The summed E-state index contributed by atoms with van der Waals surface area (Å²) in [6.45, 7) is 32.2. The summed E-state index contributed by atoms with van der Waals surface area (Å²) in [7, 11) is 0. The predicted octanol–water partition coefficient (Wildman–Crippen LogP) is 4.45. The molecule has 2 saturated heterocycles. The van der Waals surface area contributed by atoms with Gasteiger partial charge in [0.1, 0.15) is 0 Å². The van der Waals surface area contributed by atoms with Crippen molar-refractivity contribution in [2.45, 2.75) is 124 Å². The highest BCUT2D eigenvalue weighted by atomic mass is 15.3. The topological polar surface area (TPSA) is 21.8 Å². The van der Waals surface area contributed by atoms with Crippen LogP contribution in [0.3, 0.4) is 0 Å². The second-order valence-corrected chi connectivity index (χ2v) is 12.3. The lowest BCUT2D eigenvalue weighted by atomic mass is 9.85. The van der Waals surface area contributed by atoms with Crippen molar-refractivity contribution in [3.63, 3.8) is 0 Å². The summed E-state index contributed by atoms with van der Waals surface area (Å²) in [4.78, 5) is 8.31. The van der Waals surface area contributed by atoms with Gasteiger partial charge in [-0.2, -0.15) is 0 Å². The van der Waals surface area contributed by atoms with E-state index in [2.05, 4.69) is 96.2 Å². The minimum Gasteiger partial charge on any atom is -0.311 e. The third-order valence-electron chi connectivity index (χ3n) is 8.43. The Hall–Kier alpha value is -0.160. The lowest BCUT2D eigenvalue weighted by Crippen LogP contribution is -2.67. The molecule has 3 atom stereocenters. The maximum atomic E-state index is 3.91. The molecule has 0 aliphatic carbocycles. The molecule has 2 rings (SSSR count). The van der Waals surface area contributed by atoms with Crippen LogP contribution in [0.5, 0.6) is 0 Å². The van der Waals surface area contributed by atoms with E-state index in [0.717, 1.165) is 13.1 Å². The number of rotatable bonds is 6. The van der Waals surface area contributed by atoms with Gasteiger partial charge in [0.15, 0.2) is 0 Å². The molecule has 0 aromatic carbocycles. The molecule has 0 saturated carbocycles. The summed E-state index contributed by atoms with van der Waals surface area (Å²) in [6, 6.07) is 1.79. The molecule has 0 spiro atoms. The van der Waals surface area contributed by atoms with E-state index in [1.54, 1.807) is 0 Å². The highest BCUT2D eigenvalue weighted by Crippen LogP contribution is 2.32. The number of nitrogens with one attached hydrogen (secondary N) is 1. The Kier molecular flexibility index (Phi) is 7.91. The monoisotopic (exact) mass is 408 g/mol. The molecule has 0 bridgehead atoms. The van der Waals surface area contributed by atoms with Crippen LogP contribution in [0.25, 0.3) is 0 Å². The van der Waals surface area contributed by atoms with E-state index in [1.165, 1.54) is 32.5 Å². The van der Waals surface area contributed by atoms with Crippen LogP contribution >= 0.6 is 0 Å². The largest absolute Gasteiger partial charge is 0.311 e. The van der Waals surface area contributed by atoms with E-state index in [0.29, 0.717) is 29.6 Å². The highest BCUT2D eigenvalue weighted by Gasteiger charge is 2.42. The fourth-order valence-electron chi connectivity index (χ4n) is 5.26. The zero-order valence-corrected chi connectivity index (χ0v) is 21.6. The van der Waals surface area contributed by atoms with Gasteiger partial charge in [-0.1, -0.05) is 20.8 Å². The van der Waals surface area contributed by atoms with Crippen molar-refractivity contribution in [2.24, 2.45) is 5.92 Å². The average molecular weight is 409 g/mol. The van der Waals surface area contributed by atoms with Gasteiger partial charge >= 0.3 is 0 Å². The van der Waals surface area contributed by atoms with Gasteiger partial charge in [0.25, 0.3) is 0 Å². The van der Waals surface area contributed by atoms with Crippen molar-refractivity contribution < 1.29 is 0 Å². The molecule has 0 amide bonds. The number of piperazine rings is 2. The molecule has 172 valence electrons. The second-order valence-electron chi connectivity index (χ2n) is 12.3. The van der Waals surface area contributed by atoms with Gasteiger partial charge in [-0.3, -0.25) is 14.7 Å². The van der Waals surface area contributed by atoms with Crippen LogP contribution < -0.4 is 5.32 Å². The Morgan fingerprint density at radius 3 is 2.07 bits per heavy atom. The molecule has 0 aromatic heterocycles. The molecule has 4 nitrogen and oxygen atoms in total. The predicted molar refractivity (Wildman–Crippen MR) is 128 cm³/mol. The molecule has 0 radical (unpaired) electrons. The van der Waals surface area contributed by atoms with Gasteiger partial charge in [0, 0.05) is 67.5 Å². The van der Waals surface area contributed by atoms with Gasteiger partial charge in [-0.15, -0.1) is 0 Å². The quantitative estimate of drug-likeness (QED) is 0.701. The number of nitrogens with zero attached hydrogens (tertiary/aromatic N) is 3. The summed E-state index contributed by atoms with van der Waals surface area (Å²) in [5.74, 6) is 0.658. The molecule has 29 heavy (non-hydrogen) atoms. The smallest absolute Gasteiger partial charge is 0.0244 e. The van der Waals surface area contributed by atoms with Crippen LogP contribution in [0.2, 0.25) is 0 Å². The van der Waals surface area contributed by atoms with Crippen LogP contribution in [0.15, 0.2) is 0 Å². The van der Waals surface area contributed by atoms with E-state index in [-0.39, 0.29) is 11.1 Å². The fraction of sp³-hybridized carbons (Fsp3) is 1.00. The lowest BCUT2D eigenvalue weighted by molar-refractivity contribution is -0.0428. The highest BCUT2D eigenvalue weighted by molar-refractivity contribution is 4.99. The first-order valence-electron chi connectivity index (χ1n) is 12.2. The minimum absolute atomic E-state index is 0.228. The van der Waals surface area contributed by atoms with Crippen LogP contribution in [-0.4, -0.2) is 82.2 Å². The van der Waals surface area contributed by atoms with Crippen molar-refractivity contribution in [1.29, 1.82) is 0 Å². The number of hydrogen-bond donors (Lipinski definition) is 1. The third-order valence-corrected chi connectivity index (χ3v) is 8.43. The molecule has 2 fully saturated rings. The summed E-state index contributed by atoms with van der Waals surface area (Å²) in [5.41, 5.74) is 0.765. The Bertz CT molecular complexity index is 519. The molecular weight excluding hydrogens is 356 g/mol. The van der Waals surface area contributed by atoms with Gasteiger partial charge in [-0.25, -0.2) is 0 Å². The molecule has 2 aliphatic heterocycles. The van der Waals surface area contributed by atoms with Crippen molar-refractivity contribution in [1.82, 2.24) is 20.0 Å². The van der Waals surface area contributed by atoms with Crippen molar-refractivity contribution >= 4 is 0 Å². The van der Waals surface area contributed by atoms with Crippen molar-refractivity contribution in [3.05, 3.63) is 0 Å². The van der Waals surface area contributed by atoms with E-state index in [9.17, 15) is 0 Å². The lowest BCUT2D eigenvalue weighted by Gasteiger charge is -2.54. The van der Waals surface area contributed by atoms with Crippen LogP contribution in [0.1, 0.15) is 89.0 Å². The Morgan fingerprint density at radius 2 is 1.55 bits per heavy atom. The molecule has 1 N–H and O–H groups in total. The van der Waals surface area contributed by atoms with E-state index >= 15 is 0 Å². The third kappa shape index (κ3) is 5.75. The first-order chi connectivity index (χ1) is 13.2. The standard InChI is InChI=1S/C25H52N4/c1-12-24(8,9)27-13-14-28(23(5,6)7)22(18-27)15-21-17-29(20(4)16-26-21)25(10,11)19(2)3/h19-22,26H,12-18H2,1-11H3. The summed E-state index contributed by atoms with van der Waals surface area (Å²) >= 11 is 0. The fourth-order valence-corrected chi connectivity index (χ4v) is 5.26. The summed E-state index contributed by atoms with van der Waals surface area (Å²) in [5, 5.41) is 3.91. The van der Waals surface area contributed by atoms with Crippen molar-refractivity contribution in [3.8, 4) is 0 Å². The van der Waals surface area contributed by atoms with Gasteiger partial charge in [-0.05, 0) is 74.1 Å². The van der Waals surface area contributed by atoms with Gasteiger partial charge < -0.3 is 5.32 Å². The van der Waals surface area contributed by atoms with Crippen LogP contribution in [-0.2, 0) is 0 Å². The maximum Gasteiger partial charge on any atom is 0.0244 e. The first kappa shape index (κ1) is 25.1. The molecule has 4 heteroatoms. The zero-order chi connectivity index (χ0) is 22.2. The van der Waals surface area contributed by atoms with Crippen LogP contribution in [0, 0.1) is 5.92 Å².